The Kier molecular flexibility index (Phi) is 5.34. The number of sulfonamides is 1. The van der Waals surface area contributed by atoms with Gasteiger partial charge in [0.25, 0.3) is 0 Å². The predicted octanol–water partition coefficient (Wildman–Crippen LogP) is 2.03. The Morgan fingerprint density at radius 3 is 2.32 bits per heavy atom. The lowest BCUT2D eigenvalue weighted by molar-refractivity contribution is -0.136. The van der Waals surface area contributed by atoms with Gasteiger partial charge in [-0.2, -0.15) is 4.31 Å². The molecule has 0 aromatic heterocycles. The zero-order chi connectivity index (χ0) is 18.0. The Bertz CT molecular complexity index is 733. The summed E-state index contributed by atoms with van der Waals surface area (Å²) in [5.41, 5.74) is 0.670. The van der Waals surface area contributed by atoms with Crippen LogP contribution in [0.5, 0.6) is 5.75 Å². The lowest BCUT2D eigenvalue weighted by atomic mass is 10.1. The number of amides is 1. The van der Waals surface area contributed by atoms with Crippen molar-refractivity contribution in [2.24, 2.45) is 5.92 Å². The first-order valence-electron chi connectivity index (χ1n) is 8.87. The van der Waals surface area contributed by atoms with Crippen molar-refractivity contribution in [2.75, 3.05) is 33.3 Å². The van der Waals surface area contributed by atoms with E-state index in [0.29, 0.717) is 42.4 Å². The molecule has 1 amide bonds. The van der Waals surface area contributed by atoms with Gasteiger partial charge in [0.15, 0.2) is 0 Å². The molecule has 1 aliphatic heterocycles. The maximum absolute atomic E-state index is 12.9. The van der Waals surface area contributed by atoms with Crippen LogP contribution in [0.2, 0.25) is 0 Å². The fraction of sp³-hybridized carbons (Fsp3) is 0.611. The number of nitrogens with zero attached hydrogens (tertiary/aromatic N) is 2. The summed E-state index contributed by atoms with van der Waals surface area (Å²) in [5, 5.41) is 0. The highest BCUT2D eigenvalue weighted by atomic mass is 32.2. The molecule has 0 N–H and O–H groups in total. The van der Waals surface area contributed by atoms with Crippen molar-refractivity contribution in [3.05, 3.63) is 23.8 Å². The molecule has 25 heavy (non-hydrogen) atoms. The van der Waals surface area contributed by atoms with Crippen LogP contribution in [0.3, 0.4) is 0 Å². The molecule has 0 atom stereocenters. The number of rotatable bonds is 4. The average Bonchev–Trinajstić information content (AvgIpc) is 3.15. The van der Waals surface area contributed by atoms with E-state index in [2.05, 4.69) is 0 Å². The van der Waals surface area contributed by atoms with Crippen LogP contribution < -0.4 is 4.74 Å². The fourth-order valence-electron chi connectivity index (χ4n) is 3.76. The molecule has 1 saturated carbocycles. The molecule has 2 fully saturated rings. The number of piperazine rings is 1. The van der Waals surface area contributed by atoms with Gasteiger partial charge in [-0.05, 0) is 43.5 Å². The molecule has 1 aliphatic carbocycles. The van der Waals surface area contributed by atoms with Crippen molar-refractivity contribution in [3.8, 4) is 5.75 Å². The molecule has 1 aromatic rings. The van der Waals surface area contributed by atoms with Crippen LogP contribution in [0.25, 0.3) is 0 Å². The quantitative estimate of drug-likeness (QED) is 0.818. The van der Waals surface area contributed by atoms with Crippen LogP contribution in [0, 0.1) is 12.8 Å². The van der Waals surface area contributed by atoms with E-state index in [1.165, 1.54) is 4.31 Å². The molecule has 1 saturated heterocycles. The van der Waals surface area contributed by atoms with Crippen LogP contribution in [-0.2, 0) is 14.8 Å². The summed E-state index contributed by atoms with van der Waals surface area (Å²) in [5.74, 6) is 0.991. The topological polar surface area (TPSA) is 66.9 Å². The Balaban J connectivity index is 1.68. The fourth-order valence-corrected chi connectivity index (χ4v) is 5.39. The van der Waals surface area contributed by atoms with Crippen LogP contribution in [-0.4, -0.2) is 56.8 Å². The first-order chi connectivity index (χ1) is 11.9. The molecular weight excluding hydrogens is 340 g/mol. The smallest absolute Gasteiger partial charge is 0.243 e. The van der Waals surface area contributed by atoms with E-state index in [1.807, 2.05) is 4.90 Å². The van der Waals surface area contributed by atoms with Gasteiger partial charge in [0.1, 0.15) is 5.75 Å². The number of ether oxygens (including phenoxy) is 1. The molecule has 7 heteroatoms. The third kappa shape index (κ3) is 3.67. The highest BCUT2D eigenvalue weighted by Gasteiger charge is 2.33. The molecule has 1 heterocycles. The number of aryl methyl sites for hydroxylation is 1. The second kappa shape index (κ2) is 7.33. The molecule has 6 nitrogen and oxygen atoms in total. The van der Waals surface area contributed by atoms with E-state index in [4.69, 9.17) is 4.74 Å². The lowest BCUT2D eigenvalue weighted by Gasteiger charge is -2.35. The summed E-state index contributed by atoms with van der Waals surface area (Å²) < 4.78 is 32.5. The molecule has 2 aliphatic rings. The third-order valence-corrected chi connectivity index (χ3v) is 7.31. The van der Waals surface area contributed by atoms with Crippen LogP contribution >= 0.6 is 0 Å². The molecule has 0 spiro atoms. The first kappa shape index (κ1) is 18.2. The average molecular weight is 366 g/mol. The van der Waals surface area contributed by atoms with Gasteiger partial charge in [-0.1, -0.05) is 12.8 Å². The maximum Gasteiger partial charge on any atom is 0.243 e. The molecule has 3 rings (SSSR count). The van der Waals surface area contributed by atoms with Crippen LogP contribution in [0.4, 0.5) is 0 Å². The minimum atomic E-state index is -3.55. The zero-order valence-electron chi connectivity index (χ0n) is 14.9. The van der Waals surface area contributed by atoms with Gasteiger partial charge in [-0.25, -0.2) is 8.42 Å². The van der Waals surface area contributed by atoms with Crippen molar-refractivity contribution in [2.45, 2.75) is 37.5 Å². The Hall–Kier alpha value is -1.60. The predicted molar refractivity (Wildman–Crippen MR) is 95.0 cm³/mol. The van der Waals surface area contributed by atoms with E-state index < -0.39 is 10.0 Å². The van der Waals surface area contributed by atoms with Gasteiger partial charge >= 0.3 is 0 Å². The number of benzene rings is 1. The van der Waals surface area contributed by atoms with Crippen LogP contribution in [0.15, 0.2) is 23.1 Å². The third-order valence-electron chi connectivity index (χ3n) is 5.25. The first-order valence-corrected chi connectivity index (χ1v) is 10.3. The highest BCUT2D eigenvalue weighted by Crippen LogP contribution is 2.28. The summed E-state index contributed by atoms with van der Waals surface area (Å²) in [6.45, 7) is 3.43. The largest absolute Gasteiger partial charge is 0.497 e. The number of hydrogen-bond donors (Lipinski definition) is 0. The van der Waals surface area contributed by atoms with Crippen molar-refractivity contribution in [1.29, 1.82) is 0 Å². The number of carbonyl (C=O) groups excluding carboxylic acids is 1. The second-order valence-electron chi connectivity index (χ2n) is 6.84. The maximum atomic E-state index is 12.9. The Morgan fingerprint density at radius 2 is 1.76 bits per heavy atom. The van der Waals surface area contributed by atoms with Gasteiger partial charge in [0.05, 0.1) is 12.0 Å². The molecular formula is C18H26N2O4S. The summed E-state index contributed by atoms with van der Waals surface area (Å²) in [4.78, 5) is 14.6. The molecule has 0 radical (unpaired) electrons. The Labute approximate surface area is 149 Å². The molecule has 138 valence electrons. The summed E-state index contributed by atoms with van der Waals surface area (Å²) in [6, 6.07) is 4.99. The molecule has 1 aromatic carbocycles. The number of hydrogen-bond acceptors (Lipinski definition) is 4. The summed E-state index contributed by atoms with van der Waals surface area (Å²) in [7, 11) is -1.99. The van der Waals surface area contributed by atoms with Gasteiger partial charge in [0.2, 0.25) is 15.9 Å². The van der Waals surface area contributed by atoms with Crippen molar-refractivity contribution >= 4 is 15.9 Å². The lowest BCUT2D eigenvalue weighted by Crippen LogP contribution is -2.51. The second-order valence-corrected chi connectivity index (χ2v) is 8.75. The van der Waals surface area contributed by atoms with E-state index >= 15 is 0 Å². The number of carbonyl (C=O) groups is 1. The SMILES string of the molecule is COc1ccc(S(=O)(=O)N2CCN(C(=O)C3CCCC3)CC2)c(C)c1. The standard InChI is InChI=1S/C18H26N2O4S/c1-14-13-16(24-2)7-8-17(14)25(22,23)20-11-9-19(10-12-20)18(21)15-5-3-4-6-15/h7-8,13,15H,3-6,9-12H2,1-2H3. The van der Waals surface area contributed by atoms with E-state index in [1.54, 1.807) is 32.2 Å². The van der Waals surface area contributed by atoms with Gasteiger partial charge in [0, 0.05) is 32.1 Å². The van der Waals surface area contributed by atoms with E-state index in [0.717, 1.165) is 25.7 Å². The van der Waals surface area contributed by atoms with Crippen molar-refractivity contribution in [1.82, 2.24) is 9.21 Å². The van der Waals surface area contributed by atoms with Crippen LogP contribution in [0.1, 0.15) is 31.2 Å². The highest BCUT2D eigenvalue weighted by molar-refractivity contribution is 7.89. The summed E-state index contributed by atoms with van der Waals surface area (Å²) in [6.07, 6.45) is 4.20. The van der Waals surface area contributed by atoms with E-state index in [-0.39, 0.29) is 11.8 Å². The normalized spacial score (nSPS) is 20.0. The van der Waals surface area contributed by atoms with E-state index in [9.17, 15) is 13.2 Å². The Morgan fingerprint density at radius 1 is 1.12 bits per heavy atom. The monoisotopic (exact) mass is 366 g/mol. The van der Waals surface area contributed by atoms with Crippen molar-refractivity contribution < 1.29 is 17.9 Å². The molecule has 0 unspecified atom stereocenters. The molecule has 0 bridgehead atoms. The van der Waals surface area contributed by atoms with Gasteiger partial charge in [-0.3, -0.25) is 4.79 Å². The van der Waals surface area contributed by atoms with Crippen molar-refractivity contribution in [3.63, 3.8) is 0 Å². The zero-order valence-corrected chi connectivity index (χ0v) is 15.7. The minimum absolute atomic E-state index is 0.145. The number of methoxy groups -OCH3 is 1. The van der Waals surface area contributed by atoms with Gasteiger partial charge < -0.3 is 9.64 Å². The summed E-state index contributed by atoms with van der Waals surface area (Å²) >= 11 is 0. The minimum Gasteiger partial charge on any atom is -0.497 e. The van der Waals surface area contributed by atoms with Gasteiger partial charge in [-0.15, -0.1) is 0 Å².